The van der Waals surface area contributed by atoms with Gasteiger partial charge in [-0.3, -0.25) is 4.68 Å². The fourth-order valence-corrected chi connectivity index (χ4v) is 1.47. The molecule has 0 saturated carbocycles. The van der Waals surface area contributed by atoms with E-state index < -0.39 is 5.97 Å². The Morgan fingerprint density at radius 3 is 3.00 bits per heavy atom. The van der Waals surface area contributed by atoms with Crippen LogP contribution >= 0.6 is 0 Å². The van der Waals surface area contributed by atoms with Crippen molar-refractivity contribution in [3.05, 3.63) is 30.5 Å². The van der Waals surface area contributed by atoms with Crippen LogP contribution in [0.25, 0.3) is 0 Å². The number of aromatic nitrogens is 4. The summed E-state index contributed by atoms with van der Waals surface area (Å²) in [7, 11) is 1.30. The quantitative estimate of drug-likeness (QED) is 0.762. The number of nitrogens with two attached hydrogens (primary N) is 1. The number of aryl methyl sites for hydroxylation is 2. The third-order valence-electron chi connectivity index (χ3n) is 2.39. The summed E-state index contributed by atoms with van der Waals surface area (Å²) in [6.45, 7) is 1.26. The van der Waals surface area contributed by atoms with Gasteiger partial charge < -0.3 is 15.0 Å². The van der Waals surface area contributed by atoms with Crippen LogP contribution in [0.15, 0.2) is 24.8 Å². The van der Waals surface area contributed by atoms with Gasteiger partial charge in [0.25, 0.3) is 0 Å². The number of rotatable bonds is 4. The third-order valence-corrected chi connectivity index (χ3v) is 2.39. The van der Waals surface area contributed by atoms with Gasteiger partial charge in [-0.15, -0.1) is 0 Å². The highest BCUT2D eigenvalue weighted by Gasteiger charge is 2.15. The summed E-state index contributed by atoms with van der Waals surface area (Å²) in [5.41, 5.74) is 5.94. The van der Waals surface area contributed by atoms with Gasteiger partial charge in [-0.05, 0) is 6.07 Å². The molecule has 0 aliphatic carbocycles. The SMILES string of the molecule is COC(=O)c1ncn(CCn2cccn2)c1N. The van der Waals surface area contributed by atoms with Gasteiger partial charge in [0.05, 0.1) is 20.0 Å². The second kappa shape index (κ2) is 4.69. The highest BCUT2D eigenvalue weighted by Crippen LogP contribution is 2.11. The zero-order chi connectivity index (χ0) is 12.3. The molecule has 0 aliphatic heterocycles. The molecule has 0 atom stereocenters. The molecule has 0 aromatic carbocycles. The molecule has 0 spiro atoms. The smallest absolute Gasteiger partial charge is 0.360 e. The maximum atomic E-state index is 11.3. The average molecular weight is 235 g/mol. The van der Waals surface area contributed by atoms with E-state index in [-0.39, 0.29) is 5.69 Å². The minimum atomic E-state index is -0.527. The van der Waals surface area contributed by atoms with E-state index in [2.05, 4.69) is 14.8 Å². The Hall–Kier alpha value is -2.31. The van der Waals surface area contributed by atoms with Crippen molar-refractivity contribution in [3.63, 3.8) is 0 Å². The fraction of sp³-hybridized carbons (Fsp3) is 0.300. The molecule has 7 heteroatoms. The Labute approximate surface area is 97.8 Å². The zero-order valence-electron chi connectivity index (χ0n) is 9.41. The number of anilines is 1. The summed E-state index contributed by atoms with van der Waals surface area (Å²) in [6.07, 6.45) is 5.08. The molecule has 2 aromatic heterocycles. The van der Waals surface area contributed by atoms with Crippen LogP contribution in [0, 0.1) is 0 Å². The first kappa shape index (κ1) is 11.2. The van der Waals surface area contributed by atoms with Crippen LogP contribution in [0.1, 0.15) is 10.5 Å². The molecule has 90 valence electrons. The molecule has 0 bridgehead atoms. The Bertz CT molecular complexity index is 503. The monoisotopic (exact) mass is 235 g/mol. The van der Waals surface area contributed by atoms with Gasteiger partial charge in [-0.1, -0.05) is 0 Å². The molecule has 0 unspecified atom stereocenters. The zero-order valence-corrected chi connectivity index (χ0v) is 9.41. The van der Waals surface area contributed by atoms with Crippen LogP contribution in [-0.2, 0) is 17.8 Å². The number of hydrogen-bond acceptors (Lipinski definition) is 5. The van der Waals surface area contributed by atoms with Gasteiger partial charge in [0.1, 0.15) is 5.82 Å². The van der Waals surface area contributed by atoms with Crippen molar-refractivity contribution in [2.75, 3.05) is 12.8 Å². The molecular weight excluding hydrogens is 222 g/mol. The normalized spacial score (nSPS) is 10.4. The number of ether oxygens (including phenoxy) is 1. The van der Waals surface area contributed by atoms with Crippen LogP contribution in [0.3, 0.4) is 0 Å². The Kier molecular flexibility index (Phi) is 3.08. The maximum Gasteiger partial charge on any atom is 0.360 e. The molecule has 0 radical (unpaired) electrons. The van der Waals surface area contributed by atoms with Gasteiger partial charge >= 0.3 is 5.97 Å². The lowest BCUT2D eigenvalue weighted by Gasteiger charge is -2.05. The van der Waals surface area contributed by atoms with E-state index in [4.69, 9.17) is 5.73 Å². The number of carbonyl (C=O) groups excluding carboxylic acids is 1. The number of carbonyl (C=O) groups is 1. The van der Waals surface area contributed by atoms with Crippen molar-refractivity contribution in [1.29, 1.82) is 0 Å². The van der Waals surface area contributed by atoms with Gasteiger partial charge in [0.15, 0.2) is 5.69 Å². The van der Waals surface area contributed by atoms with Crippen molar-refractivity contribution < 1.29 is 9.53 Å². The van der Waals surface area contributed by atoms with E-state index in [1.807, 2.05) is 12.3 Å². The largest absolute Gasteiger partial charge is 0.464 e. The van der Waals surface area contributed by atoms with Gasteiger partial charge in [0, 0.05) is 18.9 Å². The van der Waals surface area contributed by atoms with E-state index in [1.54, 1.807) is 15.4 Å². The fourth-order valence-electron chi connectivity index (χ4n) is 1.47. The molecular formula is C10H13N5O2. The summed E-state index contributed by atoms with van der Waals surface area (Å²) >= 11 is 0. The average Bonchev–Trinajstić information content (AvgIpc) is 2.95. The Balaban J connectivity index is 2.07. The number of nitrogens with zero attached hydrogens (tertiary/aromatic N) is 4. The van der Waals surface area contributed by atoms with Crippen LogP contribution in [0.4, 0.5) is 5.82 Å². The van der Waals surface area contributed by atoms with Crippen molar-refractivity contribution in [1.82, 2.24) is 19.3 Å². The molecule has 2 N–H and O–H groups in total. The first-order valence-electron chi connectivity index (χ1n) is 5.08. The van der Waals surface area contributed by atoms with E-state index in [0.29, 0.717) is 18.9 Å². The highest BCUT2D eigenvalue weighted by atomic mass is 16.5. The van der Waals surface area contributed by atoms with E-state index in [9.17, 15) is 4.79 Å². The van der Waals surface area contributed by atoms with E-state index >= 15 is 0 Å². The highest BCUT2D eigenvalue weighted by molar-refractivity contribution is 5.91. The topological polar surface area (TPSA) is 88.0 Å². The molecule has 2 heterocycles. The van der Waals surface area contributed by atoms with Crippen molar-refractivity contribution in [2.24, 2.45) is 0 Å². The number of imidazole rings is 1. The first-order chi connectivity index (χ1) is 8.22. The van der Waals surface area contributed by atoms with Crippen LogP contribution in [-0.4, -0.2) is 32.4 Å². The molecule has 2 rings (SSSR count). The van der Waals surface area contributed by atoms with E-state index in [1.165, 1.54) is 13.4 Å². The lowest BCUT2D eigenvalue weighted by atomic mass is 10.4. The number of hydrogen-bond donors (Lipinski definition) is 1. The molecule has 17 heavy (non-hydrogen) atoms. The summed E-state index contributed by atoms with van der Waals surface area (Å²) in [4.78, 5) is 15.2. The van der Waals surface area contributed by atoms with Crippen LogP contribution < -0.4 is 5.73 Å². The van der Waals surface area contributed by atoms with Crippen molar-refractivity contribution in [2.45, 2.75) is 13.1 Å². The second-order valence-electron chi connectivity index (χ2n) is 3.43. The number of nitrogen functional groups attached to an aromatic ring is 1. The van der Waals surface area contributed by atoms with Gasteiger partial charge in [-0.25, -0.2) is 9.78 Å². The Morgan fingerprint density at radius 1 is 1.53 bits per heavy atom. The van der Waals surface area contributed by atoms with E-state index in [0.717, 1.165) is 0 Å². The summed E-state index contributed by atoms with van der Waals surface area (Å²) < 4.78 is 8.03. The predicted octanol–water partition coefficient (Wildman–Crippen LogP) is 0.149. The first-order valence-corrected chi connectivity index (χ1v) is 5.08. The molecule has 0 aliphatic rings. The van der Waals surface area contributed by atoms with Crippen LogP contribution in [0.5, 0.6) is 0 Å². The number of methoxy groups -OCH3 is 1. The molecule has 0 saturated heterocycles. The molecule has 2 aromatic rings. The van der Waals surface area contributed by atoms with Gasteiger partial charge in [-0.2, -0.15) is 5.10 Å². The second-order valence-corrected chi connectivity index (χ2v) is 3.43. The summed E-state index contributed by atoms with van der Waals surface area (Å²) in [5, 5.41) is 4.07. The minimum absolute atomic E-state index is 0.146. The lowest BCUT2D eigenvalue weighted by Crippen LogP contribution is -2.11. The minimum Gasteiger partial charge on any atom is -0.464 e. The predicted molar refractivity (Wildman–Crippen MR) is 60.2 cm³/mol. The van der Waals surface area contributed by atoms with Crippen LogP contribution in [0.2, 0.25) is 0 Å². The molecule has 0 fully saturated rings. The van der Waals surface area contributed by atoms with Gasteiger partial charge in [0.2, 0.25) is 0 Å². The lowest BCUT2D eigenvalue weighted by molar-refractivity contribution is 0.0596. The molecule has 7 nitrogen and oxygen atoms in total. The summed E-state index contributed by atoms with van der Waals surface area (Å²) in [6, 6.07) is 1.84. The third kappa shape index (κ3) is 2.27. The van der Waals surface area contributed by atoms with Crippen molar-refractivity contribution >= 4 is 11.8 Å². The van der Waals surface area contributed by atoms with Crippen molar-refractivity contribution in [3.8, 4) is 0 Å². The number of esters is 1. The summed E-state index contributed by atoms with van der Waals surface area (Å²) in [5.74, 6) is -0.218. The standard InChI is InChI=1S/C10H13N5O2/c1-17-10(16)8-9(11)14(7-12-8)5-6-15-4-2-3-13-15/h2-4,7H,5-6,11H2,1H3. The Morgan fingerprint density at radius 2 is 2.35 bits per heavy atom. The maximum absolute atomic E-state index is 11.3. The molecule has 0 amide bonds.